The predicted molar refractivity (Wildman–Crippen MR) is 154 cm³/mol. The third kappa shape index (κ3) is 4.98. The monoisotopic (exact) mass is 567 g/mol. The highest BCUT2D eigenvalue weighted by Crippen LogP contribution is 2.37. The summed E-state index contributed by atoms with van der Waals surface area (Å²) >= 11 is 0. The van der Waals surface area contributed by atoms with E-state index in [9.17, 15) is 14.7 Å². The lowest BCUT2D eigenvalue weighted by molar-refractivity contribution is -0.0648. The van der Waals surface area contributed by atoms with Gasteiger partial charge in [0.1, 0.15) is 6.04 Å². The molecule has 3 aromatic rings. The van der Waals surface area contributed by atoms with Crippen molar-refractivity contribution in [1.29, 1.82) is 0 Å². The minimum absolute atomic E-state index is 0.128. The van der Waals surface area contributed by atoms with Crippen molar-refractivity contribution >= 4 is 5.91 Å². The summed E-state index contributed by atoms with van der Waals surface area (Å²) in [6, 6.07) is 8.61. The number of carbonyl (C=O) groups excluding carboxylic acids is 1. The Balaban J connectivity index is 1.53. The van der Waals surface area contributed by atoms with E-state index in [2.05, 4.69) is 42.6 Å². The molecule has 42 heavy (non-hydrogen) atoms. The van der Waals surface area contributed by atoms with Crippen molar-refractivity contribution in [3.8, 4) is 29.4 Å². The highest BCUT2D eigenvalue weighted by molar-refractivity contribution is 5.96. The maximum atomic E-state index is 13.4. The second-order valence-corrected chi connectivity index (χ2v) is 12.1. The molecule has 3 aliphatic heterocycles. The van der Waals surface area contributed by atoms with Crippen LogP contribution < -0.4 is 5.43 Å². The normalized spacial score (nSPS) is 20.7. The Morgan fingerprint density at radius 1 is 1.00 bits per heavy atom. The van der Waals surface area contributed by atoms with Gasteiger partial charge in [-0.15, -0.1) is 0 Å². The number of aromatic nitrogens is 4. The summed E-state index contributed by atoms with van der Waals surface area (Å²) in [5.74, 6) is 12.2. The highest BCUT2D eigenvalue weighted by atomic mass is 16.5. The Kier molecular flexibility index (Phi) is 6.92. The summed E-state index contributed by atoms with van der Waals surface area (Å²) in [4.78, 5) is 27.5. The van der Waals surface area contributed by atoms with Crippen LogP contribution in [-0.4, -0.2) is 74.5 Å². The molecule has 1 amide bonds. The molecule has 0 aliphatic carbocycles. The molecule has 0 bridgehead atoms. The van der Waals surface area contributed by atoms with Crippen LogP contribution >= 0.6 is 0 Å². The molecule has 10 nitrogen and oxygen atoms in total. The maximum absolute atomic E-state index is 13.4. The summed E-state index contributed by atoms with van der Waals surface area (Å²) < 4.78 is 14.1. The average molecular weight is 568 g/mol. The first kappa shape index (κ1) is 27.8. The topological polar surface area (TPSA) is 112 Å². The van der Waals surface area contributed by atoms with Crippen molar-refractivity contribution < 1.29 is 19.4 Å². The van der Waals surface area contributed by atoms with Gasteiger partial charge in [-0.3, -0.25) is 14.3 Å². The zero-order valence-electron chi connectivity index (χ0n) is 24.1. The molecule has 10 heteroatoms. The van der Waals surface area contributed by atoms with Gasteiger partial charge in [0.25, 0.3) is 5.91 Å². The van der Waals surface area contributed by atoms with E-state index >= 15 is 0 Å². The van der Waals surface area contributed by atoms with Crippen LogP contribution in [0.2, 0.25) is 0 Å². The van der Waals surface area contributed by atoms with Crippen LogP contribution in [0.5, 0.6) is 5.75 Å². The van der Waals surface area contributed by atoms with Crippen LogP contribution in [-0.2, 0) is 9.47 Å². The van der Waals surface area contributed by atoms with Gasteiger partial charge < -0.3 is 19.5 Å². The third-order valence-electron chi connectivity index (χ3n) is 7.96. The number of rotatable bonds is 4. The average Bonchev–Trinajstić information content (AvgIpc) is 3.34. The van der Waals surface area contributed by atoms with Crippen LogP contribution in [0, 0.1) is 34.5 Å². The lowest BCUT2D eigenvalue weighted by atomic mass is 9.89. The molecule has 3 aliphatic rings. The van der Waals surface area contributed by atoms with Crippen LogP contribution in [0.1, 0.15) is 67.1 Å². The number of carbonyl (C=O) groups is 1. The maximum Gasteiger partial charge on any atom is 0.276 e. The molecular weight excluding hydrogens is 534 g/mol. The molecule has 2 atom stereocenters. The van der Waals surface area contributed by atoms with E-state index < -0.39 is 29.2 Å². The van der Waals surface area contributed by atoms with Crippen molar-refractivity contribution in [1.82, 2.24) is 24.5 Å². The Bertz CT molecular complexity index is 1660. The molecule has 1 N–H and O–H groups in total. The molecule has 2 unspecified atom stereocenters. The SMILES string of the molecule is CC(C)N1CC(C(c2ccccc2)n2cc(C#CC3(C)COC3)c(C#CC3(C)COC3)n2)n2ncc(=O)c(O)c2C1=O. The van der Waals surface area contributed by atoms with Gasteiger partial charge >= 0.3 is 0 Å². The first-order chi connectivity index (χ1) is 20.1. The second-order valence-electron chi connectivity index (χ2n) is 12.1. The van der Waals surface area contributed by atoms with Gasteiger partial charge in [-0.05, 0) is 39.2 Å². The zero-order chi connectivity index (χ0) is 29.6. The lowest BCUT2D eigenvalue weighted by Crippen LogP contribution is -2.50. The van der Waals surface area contributed by atoms with Crippen molar-refractivity contribution in [2.24, 2.45) is 10.8 Å². The quantitative estimate of drug-likeness (QED) is 0.483. The molecule has 1 aromatic carbocycles. The van der Waals surface area contributed by atoms with E-state index in [0.717, 1.165) is 11.8 Å². The third-order valence-corrected chi connectivity index (χ3v) is 7.96. The van der Waals surface area contributed by atoms with E-state index in [0.29, 0.717) is 37.7 Å². The fourth-order valence-corrected chi connectivity index (χ4v) is 5.39. The molecule has 2 aromatic heterocycles. The van der Waals surface area contributed by atoms with E-state index in [4.69, 9.17) is 14.6 Å². The standard InChI is InChI=1S/C32H33N5O5/c1-21(2)35-16-25(37-28(30(35)40)29(39)26(38)14-33-37)27(22-8-6-5-7-9-22)36-15-23(10-12-31(3)17-41-18-31)24(34-36)11-13-32(4)19-42-20-32/h5-9,14-15,21,25,27,39H,16-20H2,1-4H3. The summed E-state index contributed by atoms with van der Waals surface area (Å²) in [5.41, 5.74) is 0.838. The Hall–Kier alpha value is -4.38. The van der Waals surface area contributed by atoms with E-state index in [1.807, 2.05) is 55.1 Å². The minimum Gasteiger partial charge on any atom is -0.502 e. The minimum atomic E-state index is -0.702. The summed E-state index contributed by atoms with van der Waals surface area (Å²) in [6.07, 6.45) is 2.93. The van der Waals surface area contributed by atoms with E-state index in [1.54, 1.807) is 4.90 Å². The zero-order valence-corrected chi connectivity index (χ0v) is 24.1. The Morgan fingerprint density at radius 2 is 1.64 bits per heavy atom. The van der Waals surface area contributed by atoms with Gasteiger partial charge in [0, 0.05) is 18.8 Å². The fraction of sp³-hybridized carbons (Fsp3) is 0.438. The van der Waals surface area contributed by atoms with Crippen LogP contribution in [0.4, 0.5) is 0 Å². The van der Waals surface area contributed by atoms with Gasteiger partial charge in [0.05, 0.1) is 55.1 Å². The van der Waals surface area contributed by atoms with Gasteiger partial charge in [-0.25, -0.2) is 4.68 Å². The smallest absolute Gasteiger partial charge is 0.276 e. The van der Waals surface area contributed by atoms with Crippen molar-refractivity contribution in [2.75, 3.05) is 33.0 Å². The Labute approximate surface area is 244 Å². The first-order valence-electron chi connectivity index (χ1n) is 14.1. The number of ether oxygens (including phenoxy) is 2. The van der Waals surface area contributed by atoms with Crippen molar-refractivity contribution in [2.45, 2.75) is 45.8 Å². The van der Waals surface area contributed by atoms with E-state index in [1.165, 1.54) is 4.68 Å². The molecule has 6 rings (SSSR count). The number of amides is 1. The number of aromatic hydroxyl groups is 1. The van der Waals surface area contributed by atoms with Crippen LogP contribution in [0.15, 0.2) is 47.5 Å². The Morgan fingerprint density at radius 3 is 2.24 bits per heavy atom. The van der Waals surface area contributed by atoms with Gasteiger partial charge in [0.15, 0.2) is 17.1 Å². The number of benzene rings is 1. The summed E-state index contributed by atoms with van der Waals surface area (Å²) in [5, 5.41) is 20.1. The first-order valence-corrected chi connectivity index (χ1v) is 14.1. The van der Waals surface area contributed by atoms with Crippen LogP contribution in [0.25, 0.3) is 0 Å². The lowest BCUT2D eigenvalue weighted by Gasteiger charge is -2.40. The van der Waals surface area contributed by atoms with Gasteiger partial charge in [0.2, 0.25) is 5.43 Å². The fourth-order valence-electron chi connectivity index (χ4n) is 5.39. The van der Waals surface area contributed by atoms with Crippen LogP contribution in [0.3, 0.4) is 0 Å². The van der Waals surface area contributed by atoms with Crippen molar-refractivity contribution in [3.63, 3.8) is 0 Å². The largest absolute Gasteiger partial charge is 0.502 e. The molecule has 216 valence electrons. The van der Waals surface area contributed by atoms with Gasteiger partial charge in [-0.1, -0.05) is 48.1 Å². The number of fused-ring (bicyclic) bond motifs is 1. The molecular formula is C32H33N5O5. The van der Waals surface area contributed by atoms with Crippen molar-refractivity contribution in [3.05, 3.63) is 75.5 Å². The number of nitrogens with zero attached hydrogens (tertiary/aromatic N) is 5. The molecule has 2 saturated heterocycles. The van der Waals surface area contributed by atoms with Gasteiger partial charge in [-0.2, -0.15) is 10.2 Å². The molecule has 0 spiro atoms. The number of hydrogen-bond donors (Lipinski definition) is 1. The number of hydrogen-bond acceptors (Lipinski definition) is 7. The second kappa shape index (κ2) is 10.5. The summed E-state index contributed by atoms with van der Waals surface area (Å²) in [6.45, 7) is 10.5. The summed E-state index contributed by atoms with van der Waals surface area (Å²) in [7, 11) is 0. The predicted octanol–water partition coefficient (Wildman–Crippen LogP) is 2.62. The molecule has 0 radical (unpaired) electrons. The highest BCUT2D eigenvalue weighted by Gasteiger charge is 2.41. The molecule has 2 fully saturated rings. The molecule has 5 heterocycles. The van der Waals surface area contributed by atoms with E-state index in [-0.39, 0.29) is 29.1 Å². The molecule has 0 saturated carbocycles.